The summed E-state index contributed by atoms with van der Waals surface area (Å²) in [6.45, 7) is -27.0. The predicted molar refractivity (Wildman–Crippen MR) is 524 cm³/mol. The van der Waals surface area contributed by atoms with E-state index in [-0.39, 0.29) is 107 Å². The van der Waals surface area contributed by atoms with E-state index in [0.29, 0.717) is 12.0 Å². The van der Waals surface area contributed by atoms with Crippen LogP contribution in [0.1, 0.15) is 130 Å². The topological polar surface area (TPSA) is 755 Å². The highest BCUT2D eigenvalue weighted by Gasteiger charge is 2.52. The van der Waals surface area contributed by atoms with Gasteiger partial charge in [0.1, 0.15) is 110 Å². The van der Waals surface area contributed by atoms with Gasteiger partial charge in [0.15, 0.2) is 22.9 Å². The smallest absolute Gasteiger partial charge is 0.351 e. The third-order valence-corrected chi connectivity index (χ3v) is 35.1. The van der Waals surface area contributed by atoms with E-state index in [4.69, 9.17) is 196 Å². The molecule has 58 nitrogen and oxygen atoms in total. The molecule has 28 atom stereocenters. The van der Waals surface area contributed by atoms with Gasteiger partial charge in [-0.2, -0.15) is 4.98 Å². The van der Waals surface area contributed by atoms with Gasteiger partial charge in [-0.3, -0.25) is 71.1 Å². The van der Waals surface area contributed by atoms with Crippen molar-refractivity contribution in [3.05, 3.63) is 178 Å². The number of aromatic nitrogens is 18. The van der Waals surface area contributed by atoms with E-state index in [9.17, 15) is 77.4 Å². The van der Waals surface area contributed by atoms with Crippen molar-refractivity contribution in [2.45, 2.75) is 222 Å². The number of nitrogens with zero attached hydrogens (tertiary/aromatic N) is 14. The summed E-state index contributed by atoms with van der Waals surface area (Å²) in [7, 11) is 1.10. The molecule has 0 spiro atoms. The zero-order valence-corrected chi connectivity index (χ0v) is 88.1. The maximum absolute atomic E-state index is 13.6. The summed E-state index contributed by atoms with van der Waals surface area (Å²) in [6, 6.07) is 0. The number of aromatic amines is 4. The summed E-state index contributed by atoms with van der Waals surface area (Å²) < 4.78 is 136. The normalized spacial score (nSPS) is 29.7. The molecule has 7 saturated heterocycles. The highest BCUT2D eigenvalue weighted by atomic mass is 32.5. The predicted octanol–water partition coefficient (Wildman–Crippen LogP) is 0.795. The number of fused-ring (bicyclic) bond motifs is 2. The fraction of sp³-hybridized carbons (Fsp3) is 0.583. The van der Waals surface area contributed by atoms with Crippen molar-refractivity contribution in [3.8, 4) is 0 Å². The summed E-state index contributed by atoms with van der Waals surface area (Å²) in [6.07, 6.45) is -17.0. The van der Waals surface area contributed by atoms with Crippen molar-refractivity contribution < 1.29 is 131 Å². The molecular formula is C72H96N21O37P7S7. The van der Waals surface area contributed by atoms with Crippen LogP contribution in [-0.4, -0.2) is 253 Å². The van der Waals surface area contributed by atoms with Gasteiger partial charge in [0.05, 0.1) is 101 Å². The quantitative estimate of drug-likeness (QED) is 0.0236. The molecule has 14 unspecified atom stereocenters. The van der Waals surface area contributed by atoms with Crippen LogP contribution in [0.2, 0.25) is 0 Å². The number of hydrogen-bond donors (Lipinski definition) is 14. The highest BCUT2D eigenvalue weighted by Crippen LogP contribution is 2.59. The van der Waals surface area contributed by atoms with Crippen LogP contribution >= 0.6 is 47.0 Å². The molecule has 9 aromatic heterocycles. The number of ether oxygens (including phenoxy) is 7. The Kier molecular flexibility index (Phi) is 34.0. The summed E-state index contributed by atoms with van der Waals surface area (Å²) >= 11 is 38.9. The standard InChI is InChI=1S/C72H96N21O37P7S7/c1-8-36-37(9-50(117-36)87-16-31(2)59(73)82-68(87)98)125-132(104,139)111-22-45-39(11-52(119-45)89-18-33(4)65(95)84-70(89)100)127-134(106,141)113-23-46-41(13-54(120-46)91-20-35(6)67(97)86-72(91)102)128-135(107,142)115-25-48-43(15-56(122-48)93-30-81-58-61(75)77-28-79-63(58)93)130-137(109,144)116-26-49-42(14-55(123-49)92-29-80-57-60(74)76-27-78-62(57)92)129-136(108,143)114-24-47-40(12-53(121-47)90-19-34(5)66(96)85-71(90)101)126-133(105,140)112-21-44-38(124-131(103,138)110-7)10-51(118-44)88-17-32(3)64(94)83-69(88)99/h16-20,27-30,36-56H,8-15,21-26H2,1-7H3,(H,103,138)(H,104,139)(H,105,140)(H,106,141)(H,107,142)(H,108,143)(H,109,144)(H2,73,82,98)(H2,74,76,78)(H2,75,77,79)(H,83,94,99)(H,84,95,100)(H,85,96,101)(H,86,97,102)/t36-,37?,38?,39?,40?,41?,42?,43?,44-,45-,46-,47-,48-,49-,50-,51-,52-,53-,54-,55-,56-,131?,132?,133?,134?,135?,136?,137?/m1/s1. The van der Waals surface area contributed by atoms with E-state index < -0.39 is 266 Å². The summed E-state index contributed by atoms with van der Waals surface area (Å²) in [5.41, 5.74) is 12.5. The van der Waals surface area contributed by atoms with Gasteiger partial charge in [0.2, 0.25) is 0 Å². The molecule has 17 N–H and O–H groups in total. The van der Waals surface area contributed by atoms with Crippen molar-refractivity contribution in [1.29, 1.82) is 0 Å². The molecule has 0 saturated carbocycles. The van der Waals surface area contributed by atoms with Crippen LogP contribution in [0.3, 0.4) is 0 Å². The molecule has 0 radical (unpaired) electrons. The average Bonchev–Trinajstić information content (AvgIpc) is 1.63. The first-order chi connectivity index (χ1) is 67.8. The number of H-pyrrole nitrogens is 4. The first-order valence-electron chi connectivity index (χ1n) is 43.4. The van der Waals surface area contributed by atoms with Crippen LogP contribution in [0.5, 0.6) is 0 Å². The molecule has 7 aliphatic rings. The summed E-state index contributed by atoms with van der Waals surface area (Å²) in [5, 5.41) is 0. The average molecular weight is 2290 g/mol. The van der Waals surface area contributed by atoms with Crippen molar-refractivity contribution in [1.82, 2.24) is 86.8 Å². The van der Waals surface area contributed by atoms with Gasteiger partial charge >= 0.3 is 75.5 Å². The van der Waals surface area contributed by atoms with E-state index >= 15 is 0 Å². The van der Waals surface area contributed by atoms with Gasteiger partial charge in [0.25, 0.3) is 22.2 Å². The Morgan fingerprint density at radius 2 is 0.562 bits per heavy atom. The lowest BCUT2D eigenvalue weighted by Crippen LogP contribution is -2.33. The fourth-order valence-corrected chi connectivity index (χ4v) is 26.5. The second-order valence-corrected chi connectivity index (χ2v) is 53.4. The number of rotatable bonds is 41. The Balaban J connectivity index is 0.610. The molecular weight excluding hydrogens is 2190 g/mol. The van der Waals surface area contributed by atoms with Gasteiger partial charge in [-0.25, -0.2) is 53.9 Å². The Bertz CT molecular complexity index is 7250. The molecule has 16 heterocycles. The number of anilines is 3. The van der Waals surface area contributed by atoms with Gasteiger partial charge in [-0.05, 0) is 124 Å². The second kappa shape index (κ2) is 44.4. The molecule has 7 aliphatic heterocycles. The zero-order chi connectivity index (χ0) is 104. The van der Waals surface area contributed by atoms with E-state index in [2.05, 4.69) is 54.8 Å². The monoisotopic (exact) mass is 2290 g/mol. The number of nitrogen functional groups attached to an aromatic ring is 3. The minimum Gasteiger partial charge on any atom is -0.383 e. The van der Waals surface area contributed by atoms with Crippen LogP contribution in [0.25, 0.3) is 22.3 Å². The van der Waals surface area contributed by atoms with Crippen molar-refractivity contribution in [2.24, 2.45) is 0 Å². The molecule has 72 heteroatoms. The maximum Gasteiger partial charge on any atom is 0.351 e. The molecule has 16 rings (SSSR count). The Labute approximate surface area is 845 Å². The highest BCUT2D eigenvalue weighted by molar-refractivity contribution is 8.09. The Morgan fingerprint density at radius 3 is 0.819 bits per heavy atom. The molecule has 9 aromatic rings. The minimum absolute atomic E-state index is 0.00205. The first-order valence-corrected chi connectivity index (χ1v) is 61.5. The number of nitrogens with one attached hydrogen (secondary N) is 4. The molecule has 144 heavy (non-hydrogen) atoms. The van der Waals surface area contributed by atoms with Crippen molar-refractivity contribution >= 4 is 169 Å². The molecule has 0 aromatic carbocycles. The van der Waals surface area contributed by atoms with Crippen LogP contribution < -0.4 is 67.9 Å². The van der Waals surface area contributed by atoms with Crippen molar-refractivity contribution in [2.75, 3.05) is 64.0 Å². The van der Waals surface area contributed by atoms with E-state index in [1.54, 1.807) is 13.8 Å². The molecule has 0 amide bonds. The third-order valence-electron chi connectivity index (χ3n) is 23.9. The number of hydrogen-bond acceptors (Lipinski definition) is 47. The summed E-state index contributed by atoms with van der Waals surface area (Å²) in [5.74, 6) is -0.0154. The van der Waals surface area contributed by atoms with Crippen LogP contribution in [-0.2, 0) is 179 Å². The van der Waals surface area contributed by atoms with E-state index in [1.165, 1.54) is 85.0 Å². The van der Waals surface area contributed by atoms with E-state index in [0.717, 1.165) is 38.0 Å². The number of nitrogens with two attached hydrogens (primary N) is 3. The zero-order valence-electron chi connectivity index (χ0n) is 76.1. The third kappa shape index (κ3) is 25.9. The van der Waals surface area contributed by atoms with Crippen LogP contribution in [0, 0.1) is 34.6 Å². The number of imidazole rings is 2. The van der Waals surface area contributed by atoms with Gasteiger partial charge < -0.3 is 148 Å². The Hall–Kier alpha value is -6.47. The van der Waals surface area contributed by atoms with Gasteiger partial charge in [0, 0.05) is 111 Å². The van der Waals surface area contributed by atoms with E-state index in [1.807, 2.05) is 0 Å². The summed E-state index contributed by atoms with van der Waals surface area (Å²) in [4.78, 5) is 238. The van der Waals surface area contributed by atoms with Crippen LogP contribution in [0.4, 0.5) is 17.5 Å². The maximum atomic E-state index is 13.6. The molecule has 7 fully saturated rings. The largest absolute Gasteiger partial charge is 0.383 e. The second-order valence-electron chi connectivity index (χ2n) is 33.8. The number of aryl methyl sites for hydroxylation is 5. The lowest BCUT2D eigenvalue weighted by molar-refractivity contribution is -0.0572. The molecule has 788 valence electrons. The van der Waals surface area contributed by atoms with Gasteiger partial charge in [-0.15, -0.1) is 0 Å². The molecule has 0 bridgehead atoms. The molecule has 0 aliphatic carbocycles. The van der Waals surface area contributed by atoms with Gasteiger partial charge in [-0.1, -0.05) is 6.92 Å². The lowest BCUT2D eigenvalue weighted by atomic mass is 10.1. The first kappa shape index (κ1) is 110. The lowest BCUT2D eigenvalue weighted by Gasteiger charge is -2.29. The van der Waals surface area contributed by atoms with Crippen LogP contribution in [0.15, 0.2) is 99.4 Å². The van der Waals surface area contributed by atoms with Crippen molar-refractivity contribution in [3.63, 3.8) is 0 Å². The fourth-order valence-electron chi connectivity index (χ4n) is 16.7. The minimum atomic E-state index is -4.73. The Morgan fingerprint density at radius 1 is 0.333 bits per heavy atom. The SMILES string of the molecule is CC[C@H]1O[C@@H](n2cc(C)c(N)nc2=O)CC1OP(O)(=S)OC[C@H]1O[C@@H](n2cc(C)c(=O)[nH]c2=O)CC1OP(O)(=S)OC[C@H]1O[C@@H](n2cc(C)c(=O)[nH]c2=O)CC1OP(O)(=S)OC[C@H]1O[C@@H](n2cnc3c(N)ncnc32)CC1OP(O)(=S)OC[C@H]1O[C@@H](n2cnc3c(N)ncnc32)CC1OP(O)(=S)OC[C@H]1O[C@@H](n2cc(C)c(=O)[nH]c2=O)CC1OP(O)(=S)OC[C@H]1O[C@@H](n2cc(C)c(=O)[nH]c2=O)CC1OP(O)(=S)OC.